The topological polar surface area (TPSA) is 135 Å². The zero-order valence-corrected chi connectivity index (χ0v) is 23.3. The molecular weight excluding hydrogens is 496 g/mol. The zero-order chi connectivity index (χ0) is 29.5. The Balaban J connectivity index is 0.000000640. The number of carbonyl (C=O) groups is 4. The largest absolute Gasteiger partial charge is 0.478 e. The lowest BCUT2D eigenvalue weighted by molar-refractivity contribution is -0.315. The van der Waals surface area contributed by atoms with Gasteiger partial charge in [0.15, 0.2) is 0 Å². The van der Waals surface area contributed by atoms with Gasteiger partial charge in [-0.25, -0.2) is 14.4 Å². The van der Waals surface area contributed by atoms with Crippen LogP contribution in [0.2, 0.25) is 0 Å². The average molecular weight is 537 g/mol. The van der Waals surface area contributed by atoms with Crippen LogP contribution < -0.4 is 0 Å². The van der Waals surface area contributed by atoms with Gasteiger partial charge in [-0.05, 0) is 46.2 Å². The molecule has 0 saturated carbocycles. The van der Waals surface area contributed by atoms with E-state index >= 15 is 0 Å². The van der Waals surface area contributed by atoms with Gasteiger partial charge in [0.25, 0.3) is 0 Å². The van der Waals surface area contributed by atoms with Crippen molar-refractivity contribution in [2.75, 3.05) is 20.8 Å². The first-order valence-electron chi connectivity index (χ1n) is 11.8. The number of hydrogen-bond acceptors (Lipinski definition) is 9. The van der Waals surface area contributed by atoms with E-state index < -0.39 is 41.5 Å². The first-order chi connectivity index (χ1) is 17.6. The third kappa shape index (κ3) is 11.8. The van der Waals surface area contributed by atoms with Crippen LogP contribution in [0.5, 0.6) is 0 Å². The van der Waals surface area contributed by atoms with Crippen LogP contribution in [0, 0.1) is 0 Å². The highest BCUT2D eigenvalue weighted by Crippen LogP contribution is 2.33. The molecule has 0 aliphatic carbocycles. The molecule has 0 unspecified atom stereocenters. The predicted octanol–water partition coefficient (Wildman–Crippen LogP) is 4.13. The predicted molar refractivity (Wildman–Crippen MR) is 141 cm³/mol. The Morgan fingerprint density at radius 1 is 1.11 bits per heavy atom. The molecule has 1 fully saturated rings. The number of rotatable bonds is 10. The third-order valence-corrected chi connectivity index (χ3v) is 5.45. The Morgan fingerprint density at radius 3 is 2.05 bits per heavy atom. The molecule has 1 aliphatic rings. The lowest BCUT2D eigenvalue weighted by Gasteiger charge is -2.44. The van der Waals surface area contributed by atoms with E-state index in [1.807, 2.05) is 20.8 Å². The van der Waals surface area contributed by atoms with Crippen LogP contribution in [0.25, 0.3) is 0 Å². The summed E-state index contributed by atoms with van der Waals surface area (Å²) in [5, 5.41) is 9.20. The van der Waals surface area contributed by atoms with Gasteiger partial charge in [0.05, 0.1) is 5.56 Å². The number of carbonyl (C=O) groups excluding carboxylic acids is 3. The van der Waals surface area contributed by atoms with Crippen molar-refractivity contribution in [3.63, 3.8) is 0 Å². The zero-order valence-electron chi connectivity index (χ0n) is 23.3. The minimum absolute atomic E-state index is 0.00799. The monoisotopic (exact) mass is 536 g/mol. The van der Waals surface area contributed by atoms with Gasteiger partial charge < -0.3 is 33.6 Å². The summed E-state index contributed by atoms with van der Waals surface area (Å²) in [6, 6.07) is 8.22. The number of ether oxygens (including phenoxy) is 5. The molecule has 0 amide bonds. The summed E-state index contributed by atoms with van der Waals surface area (Å²) in [6.07, 6.45) is -0.486. The van der Waals surface area contributed by atoms with Gasteiger partial charge in [-0.1, -0.05) is 35.9 Å². The Hall–Kier alpha value is -3.34. The summed E-state index contributed by atoms with van der Waals surface area (Å²) < 4.78 is 25.6. The van der Waals surface area contributed by atoms with E-state index in [1.54, 1.807) is 44.2 Å². The molecule has 0 spiro atoms. The Labute approximate surface area is 224 Å². The van der Waals surface area contributed by atoms with Crippen molar-refractivity contribution in [1.29, 1.82) is 0 Å². The highest BCUT2D eigenvalue weighted by Gasteiger charge is 2.50. The van der Waals surface area contributed by atoms with Crippen LogP contribution in [0.3, 0.4) is 0 Å². The van der Waals surface area contributed by atoms with Crippen LogP contribution >= 0.6 is 0 Å². The van der Waals surface area contributed by atoms with E-state index in [0.29, 0.717) is 18.4 Å². The molecule has 1 heterocycles. The highest BCUT2D eigenvalue weighted by molar-refractivity contribution is 5.91. The molecule has 212 valence electrons. The molecule has 1 aromatic carbocycles. The van der Waals surface area contributed by atoms with Gasteiger partial charge in [0.2, 0.25) is 11.9 Å². The van der Waals surface area contributed by atoms with Gasteiger partial charge in [-0.3, -0.25) is 0 Å². The van der Waals surface area contributed by atoms with Crippen molar-refractivity contribution in [1.82, 2.24) is 0 Å². The number of cyclic esters (lactones) is 1. The van der Waals surface area contributed by atoms with Gasteiger partial charge >= 0.3 is 17.9 Å². The molecule has 0 aromatic heterocycles. The van der Waals surface area contributed by atoms with Crippen LogP contribution in [0.1, 0.15) is 57.8 Å². The molecule has 3 atom stereocenters. The smallest absolute Gasteiger partial charge is 0.347 e. The van der Waals surface area contributed by atoms with Crippen molar-refractivity contribution < 1.29 is 48.0 Å². The van der Waals surface area contributed by atoms with E-state index in [2.05, 4.69) is 13.2 Å². The fourth-order valence-corrected chi connectivity index (χ4v) is 2.87. The van der Waals surface area contributed by atoms with E-state index in [9.17, 15) is 24.3 Å². The molecule has 1 aliphatic heterocycles. The summed E-state index contributed by atoms with van der Waals surface area (Å²) in [4.78, 5) is 43.6. The summed E-state index contributed by atoms with van der Waals surface area (Å²) in [6.45, 7) is 16.1. The number of hydrogen-bond donors (Lipinski definition) is 1. The number of esters is 2. The number of allylic oxidation sites excluding steroid dienone is 1. The van der Waals surface area contributed by atoms with E-state index in [0.717, 1.165) is 17.4 Å². The van der Waals surface area contributed by atoms with Crippen molar-refractivity contribution >= 4 is 24.2 Å². The Kier molecular flexibility index (Phi) is 15.0. The number of aldehydes is 1. The minimum Gasteiger partial charge on any atom is -0.478 e. The summed E-state index contributed by atoms with van der Waals surface area (Å²) >= 11 is 0. The molecule has 0 radical (unpaired) electrons. The maximum atomic E-state index is 11.9. The highest BCUT2D eigenvalue weighted by atomic mass is 16.8. The number of methoxy groups -OCH3 is 2. The van der Waals surface area contributed by atoms with Crippen molar-refractivity contribution in [2.45, 2.75) is 71.1 Å². The number of benzene rings is 1. The number of carboxylic acids is 1. The fourth-order valence-electron chi connectivity index (χ4n) is 2.87. The van der Waals surface area contributed by atoms with Gasteiger partial charge in [-0.15, -0.1) is 6.58 Å². The van der Waals surface area contributed by atoms with Gasteiger partial charge in [0, 0.05) is 27.6 Å². The van der Waals surface area contributed by atoms with E-state index in [4.69, 9.17) is 23.7 Å². The summed E-state index contributed by atoms with van der Waals surface area (Å²) in [5.41, 5.74) is 1.36. The molecule has 1 aromatic rings. The molecule has 38 heavy (non-hydrogen) atoms. The van der Waals surface area contributed by atoms with Gasteiger partial charge in [0.1, 0.15) is 24.6 Å². The molecule has 1 saturated heterocycles. The first-order valence-corrected chi connectivity index (χ1v) is 11.8. The fraction of sp³-hybridized carbons (Fsp3) is 0.500. The van der Waals surface area contributed by atoms with Crippen molar-refractivity contribution in [2.24, 2.45) is 0 Å². The standard InChI is InChI=1S/C15H18O5.C8H14O4.C5H8O/c1-10(2)9-12(19-3)13(14(16)17)20-15(18)11-7-5-4-6-8-11;1-7(2)8(3,10-4)12-6(9)5-11-7;1-5(2)3-4-6/h4-8,12-13H,1,9H2,2-3H3,(H,16,17);5H2,1-4H3;4H,1,3H2,2H3/t12-,13-;8-;/m01./s1. The van der Waals surface area contributed by atoms with E-state index in [1.165, 1.54) is 14.2 Å². The first kappa shape index (κ1) is 34.7. The lowest BCUT2D eigenvalue weighted by Crippen LogP contribution is -2.58. The maximum absolute atomic E-state index is 11.9. The molecule has 0 bridgehead atoms. The van der Waals surface area contributed by atoms with Crippen LogP contribution in [0.15, 0.2) is 54.6 Å². The summed E-state index contributed by atoms with van der Waals surface area (Å²) in [7, 11) is 2.86. The van der Waals surface area contributed by atoms with Crippen molar-refractivity contribution in [3.8, 4) is 0 Å². The molecule has 10 nitrogen and oxygen atoms in total. The van der Waals surface area contributed by atoms with E-state index in [-0.39, 0.29) is 6.61 Å². The second kappa shape index (κ2) is 16.5. The SMILES string of the molecule is C=C(C)CC=O.C=C(C)C[C@H](OC)[C@H](OC(=O)c1ccccc1)C(=O)O.CO[C@]1(C)OC(=O)COC1(C)C. The van der Waals surface area contributed by atoms with Gasteiger partial charge in [-0.2, -0.15) is 0 Å². The molecule has 1 N–H and O–H groups in total. The maximum Gasteiger partial charge on any atom is 0.347 e. The molecular formula is C28H40O10. The normalized spacial score (nSPS) is 19.1. The molecule has 2 rings (SSSR count). The second-order valence-electron chi connectivity index (χ2n) is 9.22. The number of aliphatic carboxylic acids is 1. The Morgan fingerprint density at radius 2 is 1.68 bits per heavy atom. The third-order valence-electron chi connectivity index (χ3n) is 5.45. The van der Waals surface area contributed by atoms with Crippen LogP contribution in [0.4, 0.5) is 0 Å². The Bertz CT molecular complexity index is 954. The molecule has 10 heteroatoms. The lowest BCUT2D eigenvalue weighted by atomic mass is 9.97. The second-order valence-corrected chi connectivity index (χ2v) is 9.22. The van der Waals surface area contributed by atoms with Crippen LogP contribution in [-0.2, 0) is 38.1 Å². The quantitative estimate of drug-likeness (QED) is 0.264. The summed E-state index contributed by atoms with van der Waals surface area (Å²) in [5.74, 6) is -3.31. The van der Waals surface area contributed by atoms with Crippen molar-refractivity contribution in [3.05, 3.63) is 60.2 Å². The van der Waals surface area contributed by atoms with Crippen LogP contribution in [-0.4, -0.2) is 73.7 Å². The average Bonchev–Trinajstić information content (AvgIpc) is 2.84. The minimum atomic E-state index is -1.37. The number of carboxylic acid groups (broad SMARTS) is 1.